The summed E-state index contributed by atoms with van der Waals surface area (Å²) in [7, 11) is 0. The van der Waals surface area contributed by atoms with Gasteiger partial charge in [0, 0.05) is 12.0 Å². The van der Waals surface area contributed by atoms with Gasteiger partial charge >= 0.3 is 0 Å². The van der Waals surface area contributed by atoms with Crippen LogP contribution in [0.25, 0.3) is 0 Å². The van der Waals surface area contributed by atoms with Crippen LogP contribution in [0, 0.1) is 5.92 Å². The molecule has 3 N–H and O–H groups in total. The summed E-state index contributed by atoms with van der Waals surface area (Å²) in [6, 6.07) is 0.202. The largest absolute Gasteiger partial charge is 0.394 e. The summed E-state index contributed by atoms with van der Waals surface area (Å²) in [6.07, 6.45) is 7.67. The number of hydrogen-bond acceptors (Lipinski definition) is 4. The highest BCUT2D eigenvalue weighted by Gasteiger charge is 2.35. The molecule has 23 heavy (non-hydrogen) atoms. The lowest BCUT2D eigenvalue weighted by molar-refractivity contribution is -0.139. The van der Waals surface area contributed by atoms with Gasteiger partial charge in [-0.1, -0.05) is 6.42 Å². The topological polar surface area (TPSA) is 87.7 Å². The van der Waals surface area contributed by atoms with Crippen LogP contribution in [0.15, 0.2) is 0 Å². The minimum atomic E-state index is -0.408. The first-order valence-corrected chi connectivity index (χ1v) is 9.01. The number of hydrogen-bond donors (Lipinski definition) is 3. The zero-order valence-corrected chi connectivity index (χ0v) is 13.6. The first-order valence-electron chi connectivity index (χ1n) is 9.01. The van der Waals surface area contributed by atoms with Crippen LogP contribution in [0.4, 0.5) is 0 Å². The van der Waals surface area contributed by atoms with E-state index in [2.05, 4.69) is 10.6 Å². The fourth-order valence-electron chi connectivity index (χ4n) is 3.46. The molecule has 3 rings (SSSR count). The maximum Gasteiger partial charge on any atom is 0.223 e. The van der Waals surface area contributed by atoms with Gasteiger partial charge in [0.15, 0.2) is 0 Å². The molecule has 0 radical (unpaired) electrons. The maximum absolute atomic E-state index is 12.1. The predicted molar refractivity (Wildman–Crippen MR) is 84.7 cm³/mol. The van der Waals surface area contributed by atoms with Gasteiger partial charge in [0.05, 0.1) is 25.2 Å². The molecule has 3 fully saturated rings. The van der Waals surface area contributed by atoms with Gasteiger partial charge in [0.25, 0.3) is 0 Å². The summed E-state index contributed by atoms with van der Waals surface area (Å²) in [5, 5.41) is 15.6. The Morgan fingerprint density at radius 2 is 1.74 bits per heavy atom. The fraction of sp³-hybridized carbons (Fsp3) is 0.882. The lowest BCUT2D eigenvalue weighted by atomic mass is 9.84. The van der Waals surface area contributed by atoms with Gasteiger partial charge in [-0.3, -0.25) is 9.59 Å². The SMILES string of the molecule is O=C(C[C@@H]1CC[C@@H](NC(=O)C2CCC2)[C@@H](CO)O1)NC1CCC1. The van der Waals surface area contributed by atoms with Crippen molar-refractivity contribution in [2.24, 2.45) is 5.92 Å². The van der Waals surface area contributed by atoms with E-state index in [-0.39, 0.29) is 36.5 Å². The molecule has 2 aliphatic carbocycles. The van der Waals surface area contributed by atoms with Crippen LogP contribution >= 0.6 is 0 Å². The van der Waals surface area contributed by atoms with Crippen molar-refractivity contribution >= 4 is 11.8 Å². The van der Waals surface area contributed by atoms with Gasteiger partial charge in [0.2, 0.25) is 11.8 Å². The van der Waals surface area contributed by atoms with E-state index in [1.807, 2.05) is 0 Å². The van der Waals surface area contributed by atoms with E-state index in [0.717, 1.165) is 44.9 Å². The number of nitrogens with one attached hydrogen (secondary N) is 2. The Kier molecular flexibility index (Phi) is 5.54. The van der Waals surface area contributed by atoms with Gasteiger partial charge in [-0.05, 0) is 44.9 Å². The van der Waals surface area contributed by atoms with Gasteiger partial charge in [-0.25, -0.2) is 0 Å². The van der Waals surface area contributed by atoms with Crippen molar-refractivity contribution in [1.29, 1.82) is 0 Å². The number of rotatable bonds is 6. The molecule has 0 spiro atoms. The van der Waals surface area contributed by atoms with Crippen molar-refractivity contribution in [3.05, 3.63) is 0 Å². The van der Waals surface area contributed by atoms with Gasteiger partial charge in [-0.2, -0.15) is 0 Å². The third-order valence-electron chi connectivity index (χ3n) is 5.48. The van der Waals surface area contributed by atoms with Crippen LogP contribution in [0.5, 0.6) is 0 Å². The third-order valence-corrected chi connectivity index (χ3v) is 5.48. The Morgan fingerprint density at radius 3 is 2.30 bits per heavy atom. The maximum atomic E-state index is 12.1. The Morgan fingerprint density at radius 1 is 1.00 bits per heavy atom. The van der Waals surface area contributed by atoms with E-state index in [4.69, 9.17) is 4.74 Å². The van der Waals surface area contributed by atoms with E-state index < -0.39 is 6.10 Å². The minimum Gasteiger partial charge on any atom is -0.394 e. The van der Waals surface area contributed by atoms with Crippen LogP contribution in [0.3, 0.4) is 0 Å². The van der Waals surface area contributed by atoms with Crippen molar-refractivity contribution in [3.63, 3.8) is 0 Å². The predicted octanol–water partition coefficient (Wildman–Crippen LogP) is 0.870. The van der Waals surface area contributed by atoms with Crippen molar-refractivity contribution < 1.29 is 19.4 Å². The van der Waals surface area contributed by atoms with Gasteiger partial charge in [0.1, 0.15) is 6.10 Å². The van der Waals surface area contributed by atoms with E-state index in [1.165, 1.54) is 6.42 Å². The average molecular weight is 324 g/mol. The van der Waals surface area contributed by atoms with Crippen LogP contribution in [-0.4, -0.2) is 47.8 Å². The van der Waals surface area contributed by atoms with Gasteiger partial charge in [-0.15, -0.1) is 0 Å². The molecular weight excluding hydrogens is 296 g/mol. The molecule has 0 bridgehead atoms. The summed E-state index contributed by atoms with van der Waals surface area (Å²) in [6.45, 7) is -0.129. The van der Waals surface area contributed by atoms with Crippen LogP contribution in [0.2, 0.25) is 0 Å². The molecule has 3 atom stereocenters. The molecule has 1 heterocycles. The molecule has 1 aliphatic heterocycles. The number of carbonyl (C=O) groups is 2. The summed E-state index contributed by atoms with van der Waals surface area (Å²) >= 11 is 0. The first-order chi connectivity index (χ1) is 11.2. The normalized spacial score (nSPS) is 31.8. The standard InChI is InChI=1S/C17H28N2O4/c20-10-15-14(19-17(22)11-3-1-4-11)8-7-13(23-15)9-16(21)18-12-5-2-6-12/h11-15,20H,1-10H2,(H,18,21)(H,19,22)/t13-,14+,15+/m0/s1. The van der Waals surface area contributed by atoms with Crippen molar-refractivity contribution in [2.75, 3.05) is 6.61 Å². The second kappa shape index (κ2) is 7.62. The Labute approximate surface area is 137 Å². The molecule has 0 aromatic heterocycles. The average Bonchev–Trinajstić information content (AvgIpc) is 2.42. The Bertz CT molecular complexity index is 434. The molecule has 6 heteroatoms. The first kappa shape index (κ1) is 16.7. The lowest BCUT2D eigenvalue weighted by Gasteiger charge is -2.37. The highest BCUT2D eigenvalue weighted by atomic mass is 16.5. The van der Waals surface area contributed by atoms with Crippen molar-refractivity contribution in [1.82, 2.24) is 10.6 Å². The molecule has 2 saturated carbocycles. The lowest BCUT2D eigenvalue weighted by Crippen LogP contribution is -2.53. The molecular formula is C17H28N2O4. The summed E-state index contributed by atoms with van der Waals surface area (Å²) in [4.78, 5) is 24.0. The summed E-state index contributed by atoms with van der Waals surface area (Å²) in [5.74, 6) is 0.262. The zero-order chi connectivity index (χ0) is 16.2. The summed E-state index contributed by atoms with van der Waals surface area (Å²) in [5.41, 5.74) is 0. The molecule has 1 saturated heterocycles. The molecule has 130 valence electrons. The number of amides is 2. The molecule has 0 aromatic rings. The number of ether oxygens (including phenoxy) is 1. The Hall–Kier alpha value is -1.14. The molecule has 6 nitrogen and oxygen atoms in total. The number of aliphatic hydroxyl groups excluding tert-OH is 1. The fourth-order valence-corrected chi connectivity index (χ4v) is 3.46. The van der Waals surface area contributed by atoms with Crippen LogP contribution < -0.4 is 10.6 Å². The smallest absolute Gasteiger partial charge is 0.223 e. The Balaban J connectivity index is 1.43. The second-order valence-corrected chi connectivity index (χ2v) is 7.20. The minimum absolute atomic E-state index is 0.0355. The van der Waals surface area contributed by atoms with Crippen molar-refractivity contribution in [3.8, 4) is 0 Å². The van der Waals surface area contributed by atoms with E-state index in [9.17, 15) is 14.7 Å². The zero-order valence-electron chi connectivity index (χ0n) is 13.6. The summed E-state index contributed by atoms with van der Waals surface area (Å²) < 4.78 is 5.86. The number of carbonyl (C=O) groups excluding carboxylic acids is 2. The highest BCUT2D eigenvalue weighted by Crippen LogP contribution is 2.28. The molecule has 3 aliphatic rings. The molecule has 2 amide bonds. The van der Waals surface area contributed by atoms with Crippen LogP contribution in [-0.2, 0) is 14.3 Å². The third kappa shape index (κ3) is 4.23. The van der Waals surface area contributed by atoms with Gasteiger partial charge < -0.3 is 20.5 Å². The monoisotopic (exact) mass is 324 g/mol. The van der Waals surface area contributed by atoms with E-state index in [0.29, 0.717) is 12.5 Å². The van der Waals surface area contributed by atoms with Crippen LogP contribution in [0.1, 0.15) is 57.8 Å². The number of aliphatic hydroxyl groups is 1. The second-order valence-electron chi connectivity index (χ2n) is 7.20. The highest BCUT2D eigenvalue weighted by molar-refractivity contribution is 5.79. The molecule has 0 aromatic carbocycles. The van der Waals surface area contributed by atoms with Crippen molar-refractivity contribution in [2.45, 2.75) is 82.1 Å². The molecule has 0 unspecified atom stereocenters. The van der Waals surface area contributed by atoms with E-state index >= 15 is 0 Å². The quantitative estimate of drug-likeness (QED) is 0.676. The van der Waals surface area contributed by atoms with E-state index in [1.54, 1.807) is 0 Å².